The quantitative estimate of drug-likeness (QED) is 0.422. The van der Waals surface area contributed by atoms with Crippen LogP contribution in [0.5, 0.6) is 5.75 Å². The third-order valence-electron chi connectivity index (χ3n) is 7.08. The fraction of sp³-hybridized carbons (Fsp3) is 0.536. The number of aromatic nitrogens is 3. The highest BCUT2D eigenvalue weighted by atomic mass is 35.5. The van der Waals surface area contributed by atoms with Gasteiger partial charge in [0, 0.05) is 49.8 Å². The number of allylic oxidation sites excluding steroid dienone is 1. The SMILES string of the molecule is COc1ccc(-c2nc(C3=CC=NC(C)C3)nn2CCN(C(=O)CCCNC(C)=O)C2CCCC2)cc1Cl. The summed E-state index contributed by atoms with van der Waals surface area (Å²) in [7, 11) is 1.59. The summed E-state index contributed by atoms with van der Waals surface area (Å²) >= 11 is 6.45. The molecule has 1 saturated carbocycles. The Morgan fingerprint density at radius 2 is 2.05 bits per heavy atom. The summed E-state index contributed by atoms with van der Waals surface area (Å²) in [5.41, 5.74) is 1.87. The largest absolute Gasteiger partial charge is 0.495 e. The highest BCUT2D eigenvalue weighted by Crippen LogP contribution is 2.31. The van der Waals surface area contributed by atoms with Crippen molar-refractivity contribution in [3.8, 4) is 17.1 Å². The van der Waals surface area contributed by atoms with E-state index in [4.69, 9.17) is 26.4 Å². The first-order valence-corrected chi connectivity index (χ1v) is 13.8. The van der Waals surface area contributed by atoms with Gasteiger partial charge in [0.25, 0.3) is 0 Å². The maximum atomic E-state index is 13.3. The fourth-order valence-electron chi connectivity index (χ4n) is 5.11. The molecule has 9 nitrogen and oxygen atoms in total. The second-order valence-electron chi connectivity index (χ2n) is 9.99. The predicted octanol–water partition coefficient (Wildman–Crippen LogP) is 4.54. The molecule has 1 atom stereocenters. The summed E-state index contributed by atoms with van der Waals surface area (Å²) in [4.78, 5) is 35.8. The van der Waals surface area contributed by atoms with Gasteiger partial charge in [0.15, 0.2) is 11.6 Å². The highest BCUT2D eigenvalue weighted by molar-refractivity contribution is 6.32. The van der Waals surface area contributed by atoms with Gasteiger partial charge < -0.3 is 15.0 Å². The summed E-state index contributed by atoms with van der Waals surface area (Å²) in [5, 5.41) is 8.16. The van der Waals surface area contributed by atoms with Gasteiger partial charge in [-0.1, -0.05) is 24.4 Å². The van der Waals surface area contributed by atoms with E-state index in [9.17, 15) is 9.59 Å². The maximum Gasteiger partial charge on any atom is 0.222 e. The minimum absolute atomic E-state index is 0.0769. The highest BCUT2D eigenvalue weighted by Gasteiger charge is 2.27. The molecule has 1 aromatic carbocycles. The van der Waals surface area contributed by atoms with Crippen molar-refractivity contribution < 1.29 is 14.3 Å². The number of methoxy groups -OCH3 is 1. The van der Waals surface area contributed by atoms with Crippen molar-refractivity contribution in [1.82, 2.24) is 25.0 Å². The van der Waals surface area contributed by atoms with Gasteiger partial charge in [-0.25, -0.2) is 9.67 Å². The Kier molecular flexibility index (Phi) is 9.55. The first kappa shape index (κ1) is 27.8. The Morgan fingerprint density at radius 1 is 1.26 bits per heavy atom. The number of amides is 2. The zero-order chi connectivity index (χ0) is 27.1. The number of halogens is 1. The minimum atomic E-state index is -0.0769. The minimum Gasteiger partial charge on any atom is -0.495 e. The van der Waals surface area contributed by atoms with Gasteiger partial charge in [-0.3, -0.25) is 14.6 Å². The van der Waals surface area contributed by atoms with Crippen molar-refractivity contribution in [1.29, 1.82) is 0 Å². The Hall–Kier alpha value is -3.20. The first-order chi connectivity index (χ1) is 18.4. The van der Waals surface area contributed by atoms with E-state index in [2.05, 4.69) is 17.2 Å². The molecule has 204 valence electrons. The van der Waals surface area contributed by atoms with Crippen molar-refractivity contribution in [3.63, 3.8) is 0 Å². The van der Waals surface area contributed by atoms with Crippen LogP contribution in [-0.2, 0) is 16.1 Å². The molecule has 1 fully saturated rings. The number of ether oxygens (including phenoxy) is 1. The van der Waals surface area contributed by atoms with Crippen LogP contribution in [0.1, 0.15) is 64.6 Å². The fourth-order valence-corrected chi connectivity index (χ4v) is 5.37. The van der Waals surface area contributed by atoms with Crippen molar-refractivity contribution in [2.45, 2.75) is 77.4 Å². The Balaban J connectivity index is 1.57. The topological polar surface area (TPSA) is 102 Å². The molecule has 0 radical (unpaired) electrons. The number of carbonyl (C=O) groups is 2. The third-order valence-corrected chi connectivity index (χ3v) is 7.38. The standard InChI is InChI=1S/C28H37ClN6O3/c1-19-17-21(12-14-30-19)27-32-28(22-10-11-25(38-3)24(29)18-22)35(33-27)16-15-34(23-7-4-5-8-23)26(37)9-6-13-31-20(2)36/h10-12,14,18-19,23H,4-9,13,15-17H2,1-3H3,(H,31,36). The van der Waals surface area contributed by atoms with Crippen LogP contribution >= 0.6 is 11.6 Å². The van der Waals surface area contributed by atoms with Crippen LogP contribution in [0.4, 0.5) is 0 Å². The summed E-state index contributed by atoms with van der Waals surface area (Å²) in [6.07, 6.45) is 9.89. The van der Waals surface area contributed by atoms with Gasteiger partial charge in [-0.05, 0) is 56.9 Å². The number of benzene rings is 1. The van der Waals surface area contributed by atoms with Crippen LogP contribution in [0.25, 0.3) is 17.0 Å². The van der Waals surface area contributed by atoms with Crippen LogP contribution in [0, 0.1) is 0 Å². The molecule has 2 aliphatic rings. The van der Waals surface area contributed by atoms with Gasteiger partial charge in [0.2, 0.25) is 11.8 Å². The smallest absolute Gasteiger partial charge is 0.222 e. The number of aliphatic imine (C=N–C) groups is 1. The van der Waals surface area contributed by atoms with E-state index < -0.39 is 0 Å². The molecular weight excluding hydrogens is 504 g/mol. The molecule has 4 rings (SSSR count). The molecule has 1 unspecified atom stereocenters. The van der Waals surface area contributed by atoms with Gasteiger partial charge in [-0.2, -0.15) is 5.10 Å². The number of dihydropyridines is 1. The molecule has 0 bridgehead atoms. The van der Waals surface area contributed by atoms with E-state index in [0.717, 1.165) is 43.2 Å². The second kappa shape index (κ2) is 13.0. The Morgan fingerprint density at radius 3 is 2.74 bits per heavy atom. The summed E-state index contributed by atoms with van der Waals surface area (Å²) in [5.74, 6) is 2.01. The molecular formula is C28H37ClN6O3. The monoisotopic (exact) mass is 540 g/mol. The zero-order valence-corrected chi connectivity index (χ0v) is 23.2. The summed E-state index contributed by atoms with van der Waals surface area (Å²) < 4.78 is 7.21. The number of hydrogen-bond donors (Lipinski definition) is 1. The van der Waals surface area contributed by atoms with Gasteiger partial charge in [0.05, 0.1) is 24.7 Å². The lowest BCUT2D eigenvalue weighted by Gasteiger charge is -2.29. The normalized spacial score (nSPS) is 17.4. The predicted molar refractivity (Wildman–Crippen MR) is 149 cm³/mol. The Bertz CT molecular complexity index is 1200. The van der Waals surface area contributed by atoms with Gasteiger partial charge in [0.1, 0.15) is 5.75 Å². The number of carbonyl (C=O) groups excluding carboxylic acids is 2. The number of rotatable bonds is 11. The average Bonchev–Trinajstić information content (AvgIpc) is 3.57. The van der Waals surface area contributed by atoms with Crippen molar-refractivity contribution in [2.24, 2.45) is 4.99 Å². The van der Waals surface area contributed by atoms with Gasteiger partial charge >= 0.3 is 0 Å². The van der Waals surface area contributed by atoms with E-state index in [1.165, 1.54) is 6.92 Å². The van der Waals surface area contributed by atoms with Crippen LogP contribution in [-0.4, -0.2) is 70.0 Å². The number of nitrogens with zero attached hydrogens (tertiary/aromatic N) is 5. The molecule has 1 N–H and O–H groups in total. The lowest BCUT2D eigenvalue weighted by atomic mass is 10.1. The Labute approximate surface area is 229 Å². The number of nitrogens with one attached hydrogen (secondary N) is 1. The second-order valence-corrected chi connectivity index (χ2v) is 10.4. The molecule has 1 aliphatic heterocycles. The molecule has 2 heterocycles. The van der Waals surface area contributed by atoms with Crippen LogP contribution in [0.2, 0.25) is 5.02 Å². The molecule has 0 saturated heterocycles. The van der Waals surface area contributed by atoms with E-state index >= 15 is 0 Å². The number of hydrogen-bond acceptors (Lipinski definition) is 6. The first-order valence-electron chi connectivity index (χ1n) is 13.4. The van der Waals surface area contributed by atoms with E-state index in [0.29, 0.717) is 54.9 Å². The molecule has 2 amide bonds. The average molecular weight is 541 g/mol. The van der Waals surface area contributed by atoms with Crippen LogP contribution in [0.15, 0.2) is 29.3 Å². The van der Waals surface area contributed by atoms with Gasteiger partial charge in [-0.15, -0.1) is 0 Å². The summed E-state index contributed by atoms with van der Waals surface area (Å²) in [6.45, 7) is 5.12. The molecule has 0 spiro atoms. The summed E-state index contributed by atoms with van der Waals surface area (Å²) in [6, 6.07) is 6.01. The maximum absolute atomic E-state index is 13.3. The molecule has 38 heavy (non-hydrogen) atoms. The zero-order valence-electron chi connectivity index (χ0n) is 22.5. The lowest BCUT2D eigenvalue weighted by Crippen LogP contribution is -2.41. The molecule has 2 aromatic rings. The molecule has 1 aromatic heterocycles. The van der Waals surface area contributed by atoms with Crippen molar-refractivity contribution in [3.05, 3.63) is 35.1 Å². The van der Waals surface area contributed by atoms with Crippen LogP contribution < -0.4 is 10.1 Å². The van der Waals surface area contributed by atoms with E-state index in [-0.39, 0.29) is 23.9 Å². The third kappa shape index (κ3) is 7.01. The lowest BCUT2D eigenvalue weighted by molar-refractivity contribution is -0.134. The van der Waals surface area contributed by atoms with E-state index in [1.54, 1.807) is 7.11 Å². The van der Waals surface area contributed by atoms with Crippen LogP contribution in [0.3, 0.4) is 0 Å². The molecule has 10 heteroatoms. The van der Waals surface area contributed by atoms with Crippen molar-refractivity contribution >= 4 is 35.2 Å². The molecule has 1 aliphatic carbocycles. The van der Waals surface area contributed by atoms with Crippen molar-refractivity contribution in [2.75, 3.05) is 20.2 Å². The van der Waals surface area contributed by atoms with E-state index in [1.807, 2.05) is 40.1 Å².